The average molecular weight is 432 g/mol. The van der Waals surface area contributed by atoms with Gasteiger partial charge in [0.15, 0.2) is 5.13 Å². The molecule has 31 heavy (non-hydrogen) atoms. The Kier molecular flexibility index (Phi) is 6.38. The van der Waals surface area contributed by atoms with Crippen molar-refractivity contribution in [1.82, 2.24) is 4.98 Å². The van der Waals surface area contributed by atoms with Crippen molar-refractivity contribution >= 4 is 33.8 Å². The molecule has 0 aliphatic carbocycles. The summed E-state index contributed by atoms with van der Waals surface area (Å²) in [6.45, 7) is 2.01. The van der Waals surface area contributed by atoms with Gasteiger partial charge in [-0.2, -0.15) is 0 Å². The van der Waals surface area contributed by atoms with Gasteiger partial charge in [0.25, 0.3) is 0 Å². The van der Waals surface area contributed by atoms with Crippen molar-refractivity contribution in [2.75, 3.05) is 10.6 Å². The van der Waals surface area contributed by atoms with Gasteiger partial charge >= 0.3 is 0 Å². The molecule has 4 aromatic rings. The van der Waals surface area contributed by atoms with E-state index in [0.29, 0.717) is 22.9 Å². The van der Waals surface area contributed by atoms with Gasteiger partial charge in [0.1, 0.15) is 5.82 Å². The second-order valence-corrected chi connectivity index (χ2v) is 7.94. The lowest BCUT2D eigenvalue weighted by atomic mass is 9.95. The summed E-state index contributed by atoms with van der Waals surface area (Å²) in [6, 6.07) is 23.9. The quantitative estimate of drug-likeness (QED) is 0.337. The molecule has 2 N–H and O–H groups in total. The SMILES string of the molecule is CCC(C(=O)Nc1cccc(-c2csc(Nc3ccccc3F)n2)c1)c1ccccc1. The molecular formula is C25H22FN3OS. The van der Waals surface area contributed by atoms with E-state index in [0.717, 1.165) is 16.8 Å². The first-order valence-corrected chi connectivity index (χ1v) is 11.0. The van der Waals surface area contributed by atoms with E-state index in [2.05, 4.69) is 15.6 Å². The lowest BCUT2D eigenvalue weighted by molar-refractivity contribution is -0.117. The standard InChI is InChI=1S/C25H22FN3OS/c1-2-20(17-9-4-3-5-10-17)24(30)27-19-12-8-11-18(15-19)23-16-31-25(29-23)28-22-14-7-6-13-21(22)26/h3-16,20H,2H2,1H3,(H,27,30)(H,28,29). The van der Waals surface area contributed by atoms with Gasteiger partial charge in [0, 0.05) is 16.6 Å². The summed E-state index contributed by atoms with van der Waals surface area (Å²) < 4.78 is 13.9. The van der Waals surface area contributed by atoms with Crippen LogP contribution in [-0.4, -0.2) is 10.9 Å². The smallest absolute Gasteiger partial charge is 0.231 e. The Bertz CT molecular complexity index is 1180. The molecule has 156 valence electrons. The molecule has 0 aliphatic rings. The van der Waals surface area contributed by atoms with Crippen LogP contribution in [0.3, 0.4) is 0 Å². The lowest BCUT2D eigenvalue weighted by Gasteiger charge is -2.15. The third-order valence-corrected chi connectivity index (χ3v) is 5.73. The Balaban J connectivity index is 1.49. The first kappa shape index (κ1) is 20.8. The first-order chi connectivity index (χ1) is 15.1. The predicted molar refractivity (Wildman–Crippen MR) is 125 cm³/mol. The van der Waals surface area contributed by atoms with Crippen LogP contribution in [0.15, 0.2) is 84.2 Å². The number of thiazole rings is 1. The number of hydrogen-bond acceptors (Lipinski definition) is 4. The molecule has 0 aliphatic heterocycles. The minimum absolute atomic E-state index is 0.0361. The fraction of sp³-hybridized carbons (Fsp3) is 0.120. The Morgan fingerprint density at radius 2 is 1.81 bits per heavy atom. The maximum Gasteiger partial charge on any atom is 0.231 e. The number of nitrogens with zero attached hydrogens (tertiary/aromatic N) is 1. The zero-order chi connectivity index (χ0) is 21.6. The molecule has 1 atom stereocenters. The van der Waals surface area contributed by atoms with Crippen molar-refractivity contribution in [2.45, 2.75) is 19.3 Å². The van der Waals surface area contributed by atoms with Crippen LogP contribution in [-0.2, 0) is 4.79 Å². The zero-order valence-corrected chi connectivity index (χ0v) is 17.8. The van der Waals surface area contributed by atoms with Gasteiger partial charge in [-0.1, -0.05) is 61.5 Å². The summed E-state index contributed by atoms with van der Waals surface area (Å²) >= 11 is 1.40. The number of amides is 1. The number of carbonyl (C=O) groups is 1. The molecule has 3 aromatic carbocycles. The molecule has 1 amide bonds. The van der Waals surface area contributed by atoms with Crippen molar-refractivity contribution < 1.29 is 9.18 Å². The highest BCUT2D eigenvalue weighted by atomic mass is 32.1. The fourth-order valence-electron chi connectivity index (χ4n) is 3.38. The highest BCUT2D eigenvalue weighted by Gasteiger charge is 2.18. The predicted octanol–water partition coefficient (Wildman–Crippen LogP) is 6.83. The maximum atomic E-state index is 13.9. The lowest BCUT2D eigenvalue weighted by Crippen LogP contribution is -2.20. The minimum Gasteiger partial charge on any atom is -0.329 e. The third-order valence-electron chi connectivity index (χ3n) is 4.97. The van der Waals surface area contributed by atoms with E-state index in [4.69, 9.17) is 0 Å². The third kappa shape index (κ3) is 4.98. The van der Waals surface area contributed by atoms with E-state index < -0.39 is 0 Å². The number of aromatic nitrogens is 1. The Hall–Kier alpha value is -3.51. The number of halogens is 1. The minimum atomic E-state index is -0.326. The maximum absolute atomic E-state index is 13.9. The molecule has 4 rings (SSSR count). The Morgan fingerprint density at radius 3 is 2.58 bits per heavy atom. The molecule has 1 heterocycles. The van der Waals surface area contributed by atoms with Crippen LogP contribution in [0.25, 0.3) is 11.3 Å². The summed E-state index contributed by atoms with van der Waals surface area (Å²) in [5, 5.41) is 8.55. The van der Waals surface area contributed by atoms with Crippen molar-refractivity contribution in [2.24, 2.45) is 0 Å². The molecule has 4 nitrogen and oxygen atoms in total. The molecule has 0 saturated carbocycles. The van der Waals surface area contributed by atoms with Crippen LogP contribution in [0.2, 0.25) is 0 Å². The van der Waals surface area contributed by atoms with Gasteiger partial charge < -0.3 is 10.6 Å². The van der Waals surface area contributed by atoms with Gasteiger partial charge in [0.05, 0.1) is 17.3 Å². The van der Waals surface area contributed by atoms with E-state index in [1.807, 2.05) is 66.9 Å². The summed E-state index contributed by atoms with van der Waals surface area (Å²) in [6.07, 6.45) is 0.715. The van der Waals surface area contributed by atoms with Gasteiger partial charge in [-0.25, -0.2) is 9.37 Å². The normalized spacial score (nSPS) is 11.7. The Labute approximate surface area is 184 Å². The van der Waals surface area contributed by atoms with Crippen molar-refractivity contribution in [3.63, 3.8) is 0 Å². The molecule has 0 spiro atoms. The highest BCUT2D eigenvalue weighted by Crippen LogP contribution is 2.30. The second-order valence-electron chi connectivity index (χ2n) is 7.08. The number of anilines is 3. The second kappa shape index (κ2) is 9.53. The largest absolute Gasteiger partial charge is 0.329 e. The topological polar surface area (TPSA) is 54.0 Å². The summed E-state index contributed by atoms with van der Waals surface area (Å²) in [7, 11) is 0. The summed E-state index contributed by atoms with van der Waals surface area (Å²) in [4.78, 5) is 17.4. The number of rotatable bonds is 7. The first-order valence-electron chi connectivity index (χ1n) is 10.1. The van der Waals surface area contributed by atoms with Crippen LogP contribution in [0, 0.1) is 5.82 Å². The van der Waals surface area contributed by atoms with E-state index >= 15 is 0 Å². The van der Waals surface area contributed by atoms with Crippen molar-refractivity contribution in [3.05, 3.63) is 95.6 Å². The van der Waals surface area contributed by atoms with Gasteiger partial charge in [0.2, 0.25) is 5.91 Å². The molecule has 6 heteroatoms. The number of nitrogens with one attached hydrogen (secondary N) is 2. The molecule has 0 radical (unpaired) electrons. The number of benzene rings is 3. The number of hydrogen-bond donors (Lipinski definition) is 2. The van der Waals surface area contributed by atoms with Crippen LogP contribution in [0.5, 0.6) is 0 Å². The summed E-state index contributed by atoms with van der Waals surface area (Å²) in [5.74, 6) is -0.570. The van der Waals surface area contributed by atoms with E-state index in [-0.39, 0.29) is 17.6 Å². The highest BCUT2D eigenvalue weighted by molar-refractivity contribution is 7.14. The molecule has 0 saturated heterocycles. The zero-order valence-electron chi connectivity index (χ0n) is 17.0. The van der Waals surface area contributed by atoms with Gasteiger partial charge in [-0.15, -0.1) is 11.3 Å². The molecule has 1 unspecified atom stereocenters. The Morgan fingerprint density at radius 1 is 1.03 bits per heavy atom. The van der Waals surface area contributed by atoms with E-state index in [9.17, 15) is 9.18 Å². The van der Waals surface area contributed by atoms with E-state index in [1.165, 1.54) is 17.4 Å². The fourth-order valence-corrected chi connectivity index (χ4v) is 4.12. The summed E-state index contributed by atoms with van der Waals surface area (Å²) in [5.41, 5.74) is 3.74. The van der Waals surface area contributed by atoms with E-state index in [1.54, 1.807) is 18.2 Å². The number of para-hydroxylation sites is 1. The molecule has 1 aromatic heterocycles. The molecule has 0 bridgehead atoms. The van der Waals surface area contributed by atoms with Crippen molar-refractivity contribution in [1.29, 1.82) is 0 Å². The van der Waals surface area contributed by atoms with Gasteiger partial charge in [-0.3, -0.25) is 4.79 Å². The van der Waals surface area contributed by atoms with Crippen molar-refractivity contribution in [3.8, 4) is 11.3 Å². The monoisotopic (exact) mass is 431 g/mol. The van der Waals surface area contributed by atoms with Crippen LogP contribution < -0.4 is 10.6 Å². The van der Waals surface area contributed by atoms with Gasteiger partial charge in [-0.05, 0) is 36.2 Å². The average Bonchev–Trinajstić information content (AvgIpc) is 3.25. The van der Waals surface area contributed by atoms with Crippen LogP contribution >= 0.6 is 11.3 Å². The molecular weight excluding hydrogens is 409 g/mol. The molecule has 0 fully saturated rings. The number of carbonyl (C=O) groups excluding carboxylic acids is 1. The van der Waals surface area contributed by atoms with Crippen LogP contribution in [0.4, 0.5) is 20.9 Å². The van der Waals surface area contributed by atoms with Crippen LogP contribution in [0.1, 0.15) is 24.8 Å².